The molecule has 4 heteroatoms. The third kappa shape index (κ3) is 2.89. The van der Waals surface area contributed by atoms with Crippen LogP contribution in [0.4, 0.5) is 10.1 Å². The minimum Gasteiger partial charge on any atom is -0.375 e. The number of hydrogen-bond donors (Lipinski definition) is 0. The fraction of sp³-hybridized carbons (Fsp3) is 0.611. The Labute approximate surface area is 131 Å². The van der Waals surface area contributed by atoms with Crippen molar-refractivity contribution in [2.45, 2.75) is 45.1 Å². The Kier molecular flexibility index (Phi) is 3.98. The van der Waals surface area contributed by atoms with Crippen molar-refractivity contribution < 1.29 is 13.9 Å². The number of carbonyl (C=O) groups excluding carboxylic acids is 1. The molecular weight excluding hydrogens is 281 g/mol. The summed E-state index contributed by atoms with van der Waals surface area (Å²) in [5.41, 5.74) is 1.61. The standard InChI is InChI=1S/C18H24FNO2/c1-17(2)12-18(13-22-17)7-9-20(10-8-18)16-14(6-11-21)4-3-5-15(16)19/h3-5,11H,6-10,12-13H2,1-2H3. The highest BCUT2D eigenvalue weighted by atomic mass is 19.1. The number of nitrogens with zero attached hydrogens (tertiary/aromatic N) is 1. The van der Waals surface area contributed by atoms with Crippen molar-refractivity contribution in [3.63, 3.8) is 0 Å². The highest BCUT2D eigenvalue weighted by Gasteiger charge is 2.46. The van der Waals surface area contributed by atoms with Gasteiger partial charge < -0.3 is 14.4 Å². The average Bonchev–Trinajstić information content (AvgIpc) is 2.76. The van der Waals surface area contributed by atoms with Gasteiger partial charge in [0.15, 0.2) is 0 Å². The summed E-state index contributed by atoms with van der Waals surface area (Å²) in [5, 5.41) is 0. The molecule has 0 atom stereocenters. The van der Waals surface area contributed by atoms with Crippen molar-refractivity contribution in [3.05, 3.63) is 29.6 Å². The van der Waals surface area contributed by atoms with Crippen LogP contribution in [-0.4, -0.2) is 31.6 Å². The summed E-state index contributed by atoms with van der Waals surface area (Å²) >= 11 is 0. The molecule has 1 spiro atoms. The first-order valence-corrected chi connectivity index (χ1v) is 8.05. The Morgan fingerprint density at radius 1 is 1.32 bits per heavy atom. The summed E-state index contributed by atoms with van der Waals surface area (Å²) < 4.78 is 20.2. The van der Waals surface area contributed by atoms with Crippen LogP contribution in [0.3, 0.4) is 0 Å². The van der Waals surface area contributed by atoms with Gasteiger partial charge in [0.05, 0.1) is 17.9 Å². The molecule has 120 valence electrons. The van der Waals surface area contributed by atoms with Crippen molar-refractivity contribution in [2.75, 3.05) is 24.6 Å². The van der Waals surface area contributed by atoms with E-state index in [9.17, 15) is 9.18 Å². The van der Waals surface area contributed by atoms with Gasteiger partial charge in [0.25, 0.3) is 0 Å². The second-order valence-corrected chi connectivity index (χ2v) is 7.33. The van der Waals surface area contributed by atoms with Gasteiger partial charge in [-0.25, -0.2) is 4.39 Å². The van der Waals surface area contributed by atoms with Crippen LogP contribution >= 0.6 is 0 Å². The van der Waals surface area contributed by atoms with Crippen LogP contribution in [0.1, 0.15) is 38.7 Å². The lowest BCUT2D eigenvalue weighted by atomic mass is 9.74. The van der Waals surface area contributed by atoms with Gasteiger partial charge in [-0.15, -0.1) is 0 Å². The summed E-state index contributed by atoms with van der Waals surface area (Å²) in [6.07, 6.45) is 4.23. The molecule has 0 aliphatic carbocycles. The summed E-state index contributed by atoms with van der Waals surface area (Å²) in [5.74, 6) is -0.224. The van der Waals surface area contributed by atoms with E-state index in [1.54, 1.807) is 6.07 Å². The Morgan fingerprint density at radius 3 is 2.64 bits per heavy atom. The van der Waals surface area contributed by atoms with E-state index in [1.807, 2.05) is 6.07 Å². The number of hydrogen-bond acceptors (Lipinski definition) is 3. The number of benzene rings is 1. The zero-order chi connectivity index (χ0) is 15.8. The van der Waals surface area contributed by atoms with E-state index in [-0.39, 0.29) is 23.3 Å². The quantitative estimate of drug-likeness (QED) is 0.802. The van der Waals surface area contributed by atoms with E-state index in [0.717, 1.165) is 50.8 Å². The molecule has 1 aromatic carbocycles. The van der Waals surface area contributed by atoms with Crippen molar-refractivity contribution in [1.82, 2.24) is 0 Å². The number of piperidine rings is 1. The molecule has 0 N–H and O–H groups in total. The second kappa shape index (κ2) is 5.65. The minimum atomic E-state index is -0.224. The molecular formula is C18H24FNO2. The summed E-state index contributed by atoms with van der Waals surface area (Å²) in [6, 6.07) is 5.01. The number of para-hydroxylation sites is 1. The zero-order valence-electron chi connectivity index (χ0n) is 13.4. The van der Waals surface area contributed by atoms with Gasteiger partial charge in [0.1, 0.15) is 12.1 Å². The molecule has 22 heavy (non-hydrogen) atoms. The van der Waals surface area contributed by atoms with Gasteiger partial charge in [-0.05, 0) is 50.2 Å². The molecule has 0 amide bonds. The maximum absolute atomic E-state index is 14.3. The SMILES string of the molecule is CC1(C)CC2(CCN(c3c(F)cccc3CC=O)CC2)CO1. The topological polar surface area (TPSA) is 29.5 Å². The zero-order valence-corrected chi connectivity index (χ0v) is 13.4. The van der Waals surface area contributed by atoms with Crippen LogP contribution < -0.4 is 4.90 Å². The number of anilines is 1. The molecule has 2 aliphatic rings. The number of carbonyl (C=O) groups is 1. The monoisotopic (exact) mass is 305 g/mol. The van der Waals surface area contributed by atoms with Gasteiger partial charge in [0.2, 0.25) is 0 Å². The van der Waals surface area contributed by atoms with Crippen molar-refractivity contribution in [1.29, 1.82) is 0 Å². The van der Waals surface area contributed by atoms with E-state index in [0.29, 0.717) is 5.69 Å². The maximum atomic E-state index is 14.3. The van der Waals surface area contributed by atoms with E-state index in [4.69, 9.17) is 4.74 Å². The summed E-state index contributed by atoms with van der Waals surface area (Å²) in [4.78, 5) is 12.9. The molecule has 1 aromatic rings. The van der Waals surface area contributed by atoms with Crippen LogP contribution in [0.25, 0.3) is 0 Å². The first-order chi connectivity index (χ1) is 10.4. The van der Waals surface area contributed by atoms with E-state index in [2.05, 4.69) is 18.7 Å². The van der Waals surface area contributed by atoms with E-state index < -0.39 is 0 Å². The van der Waals surface area contributed by atoms with Crippen LogP contribution in [0.2, 0.25) is 0 Å². The van der Waals surface area contributed by atoms with Crippen molar-refractivity contribution >= 4 is 12.0 Å². The normalized spacial score (nSPS) is 23.0. The lowest BCUT2D eigenvalue weighted by Crippen LogP contribution is -2.41. The number of aldehydes is 1. The lowest BCUT2D eigenvalue weighted by Gasteiger charge is -2.40. The van der Waals surface area contributed by atoms with Crippen LogP contribution in [0, 0.1) is 11.2 Å². The second-order valence-electron chi connectivity index (χ2n) is 7.33. The Morgan fingerprint density at radius 2 is 2.05 bits per heavy atom. The van der Waals surface area contributed by atoms with Crippen LogP contribution in [-0.2, 0) is 16.0 Å². The van der Waals surface area contributed by atoms with E-state index >= 15 is 0 Å². The summed E-state index contributed by atoms with van der Waals surface area (Å²) in [6.45, 7) is 6.76. The van der Waals surface area contributed by atoms with Gasteiger partial charge in [-0.1, -0.05) is 12.1 Å². The predicted molar refractivity (Wildman–Crippen MR) is 84.7 cm³/mol. The van der Waals surface area contributed by atoms with Gasteiger partial charge in [-0.3, -0.25) is 0 Å². The number of rotatable bonds is 3. The Bertz CT molecular complexity index is 562. The summed E-state index contributed by atoms with van der Waals surface area (Å²) in [7, 11) is 0. The minimum absolute atomic E-state index is 0.0388. The predicted octanol–water partition coefficient (Wildman–Crippen LogP) is 3.35. The van der Waals surface area contributed by atoms with Gasteiger partial charge in [-0.2, -0.15) is 0 Å². The molecule has 2 heterocycles. The molecule has 0 saturated carbocycles. The highest BCUT2D eigenvalue weighted by molar-refractivity contribution is 5.64. The van der Waals surface area contributed by atoms with Crippen LogP contribution in [0.5, 0.6) is 0 Å². The first-order valence-electron chi connectivity index (χ1n) is 8.05. The third-order valence-corrected chi connectivity index (χ3v) is 5.08. The largest absolute Gasteiger partial charge is 0.375 e. The lowest BCUT2D eigenvalue weighted by molar-refractivity contribution is -0.107. The smallest absolute Gasteiger partial charge is 0.146 e. The van der Waals surface area contributed by atoms with Gasteiger partial charge >= 0.3 is 0 Å². The number of halogens is 1. The Balaban J connectivity index is 1.76. The first kappa shape index (κ1) is 15.5. The number of ether oxygens (including phenoxy) is 1. The molecule has 2 aliphatic heterocycles. The van der Waals surface area contributed by atoms with Gasteiger partial charge in [0, 0.05) is 19.5 Å². The fourth-order valence-electron chi connectivity index (χ4n) is 4.05. The van der Waals surface area contributed by atoms with Crippen molar-refractivity contribution in [2.24, 2.45) is 5.41 Å². The van der Waals surface area contributed by atoms with Crippen molar-refractivity contribution in [3.8, 4) is 0 Å². The average molecular weight is 305 g/mol. The van der Waals surface area contributed by atoms with Crippen LogP contribution in [0.15, 0.2) is 18.2 Å². The Hall–Kier alpha value is -1.42. The molecule has 0 bridgehead atoms. The highest BCUT2D eigenvalue weighted by Crippen LogP contribution is 2.47. The molecule has 2 saturated heterocycles. The molecule has 0 unspecified atom stereocenters. The molecule has 3 nitrogen and oxygen atoms in total. The maximum Gasteiger partial charge on any atom is 0.146 e. The third-order valence-electron chi connectivity index (χ3n) is 5.08. The molecule has 0 radical (unpaired) electrons. The fourth-order valence-corrected chi connectivity index (χ4v) is 4.05. The molecule has 3 rings (SSSR count). The molecule has 2 fully saturated rings. The van der Waals surface area contributed by atoms with E-state index in [1.165, 1.54) is 6.07 Å². The molecule has 0 aromatic heterocycles.